The Balaban J connectivity index is 1.64. The van der Waals surface area contributed by atoms with Gasteiger partial charge in [0.15, 0.2) is 5.82 Å². The van der Waals surface area contributed by atoms with Gasteiger partial charge in [0.2, 0.25) is 0 Å². The first-order valence-corrected chi connectivity index (χ1v) is 10.6. The molecule has 6 heteroatoms. The van der Waals surface area contributed by atoms with Gasteiger partial charge in [0, 0.05) is 16.7 Å². The molecule has 1 heterocycles. The third-order valence-electron chi connectivity index (χ3n) is 5.26. The summed E-state index contributed by atoms with van der Waals surface area (Å²) in [5.74, 6) is 0.891. The van der Waals surface area contributed by atoms with Crippen LogP contribution in [0.3, 0.4) is 0 Å². The Kier molecular flexibility index (Phi) is 5.90. The highest BCUT2D eigenvalue weighted by molar-refractivity contribution is 7.99. The number of rotatable bonds is 4. The monoisotopic (exact) mass is 414 g/mol. The lowest BCUT2D eigenvalue weighted by Gasteiger charge is -2.22. The zero-order chi connectivity index (χ0) is 20.3. The second-order valence-corrected chi connectivity index (χ2v) is 8.34. The van der Waals surface area contributed by atoms with E-state index < -0.39 is 11.7 Å². The number of nitrogens with zero attached hydrogens (tertiary/aromatic N) is 2. The van der Waals surface area contributed by atoms with Crippen LogP contribution in [0.2, 0.25) is 0 Å². The van der Waals surface area contributed by atoms with Crippen LogP contribution in [0.4, 0.5) is 13.2 Å². The van der Waals surface area contributed by atoms with Crippen LogP contribution < -0.4 is 0 Å². The molecule has 3 aromatic rings. The Labute approximate surface area is 172 Å². The minimum Gasteiger partial charge on any atom is -0.236 e. The lowest BCUT2D eigenvalue weighted by Crippen LogP contribution is -2.10. The largest absolute Gasteiger partial charge is 0.420 e. The van der Waals surface area contributed by atoms with E-state index in [1.165, 1.54) is 37.7 Å². The van der Waals surface area contributed by atoms with Gasteiger partial charge >= 0.3 is 6.18 Å². The van der Waals surface area contributed by atoms with Gasteiger partial charge in [-0.3, -0.25) is 0 Å². The maximum atomic E-state index is 13.5. The second kappa shape index (κ2) is 8.57. The highest BCUT2D eigenvalue weighted by Crippen LogP contribution is 2.39. The van der Waals surface area contributed by atoms with Crippen molar-refractivity contribution in [3.8, 4) is 11.4 Å². The molecule has 0 amide bonds. The van der Waals surface area contributed by atoms with Crippen molar-refractivity contribution in [1.82, 2.24) is 9.97 Å². The minimum absolute atomic E-state index is 0.0787. The van der Waals surface area contributed by atoms with Crippen molar-refractivity contribution in [2.75, 3.05) is 0 Å². The number of benzene rings is 2. The van der Waals surface area contributed by atoms with E-state index in [0.29, 0.717) is 16.6 Å². The predicted molar refractivity (Wildman–Crippen MR) is 109 cm³/mol. The van der Waals surface area contributed by atoms with Gasteiger partial charge in [0.05, 0.1) is 0 Å². The molecule has 2 aromatic carbocycles. The zero-order valence-electron chi connectivity index (χ0n) is 15.8. The third-order valence-corrected chi connectivity index (χ3v) is 6.27. The van der Waals surface area contributed by atoms with E-state index in [0.717, 1.165) is 23.5 Å². The van der Waals surface area contributed by atoms with Gasteiger partial charge in [-0.25, -0.2) is 9.97 Å². The van der Waals surface area contributed by atoms with Crippen molar-refractivity contribution in [2.45, 2.75) is 54.1 Å². The van der Waals surface area contributed by atoms with Gasteiger partial charge in [0.1, 0.15) is 10.6 Å². The first-order chi connectivity index (χ1) is 14.0. The average Bonchev–Trinajstić information content (AvgIpc) is 2.74. The zero-order valence-corrected chi connectivity index (χ0v) is 16.6. The first kappa shape index (κ1) is 20.0. The molecule has 29 heavy (non-hydrogen) atoms. The van der Waals surface area contributed by atoms with Crippen LogP contribution in [-0.4, -0.2) is 9.97 Å². The molecule has 0 spiro atoms. The summed E-state index contributed by atoms with van der Waals surface area (Å²) in [5, 5.41) is -0.0787. The molecule has 150 valence electrons. The van der Waals surface area contributed by atoms with Crippen LogP contribution in [0.15, 0.2) is 70.7 Å². The van der Waals surface area contributed by atoms with Crippen LogP contribution in [0, 0.1) is 0 Å². The van der Waals surface area contributed by atoms with Gasteiger partial charge in [0.25, 0.3) is 0 Å². The molecule has 0 bridgehead atoms. The number of hydrogen-bond donors (Lipinski definition) is 0. The fourth-order valence-electron chi connectivity index (χ4n) is 3.72. The first-order valence-electron chi connectivity index (χ1n) is 9.78. The standard InChI is InChI=1S/C23H21F3N2S/c24-23(25,26)20-15-27-21(28-22(20)29-19-9-5-2-6-10-19)18-13-11-17(12-14-18)16-7-3-1-4-8-16/h2,5-6,9-16H,1,3-4,7-8H2. The number of hydrogen-bond acceptors (Lipinski definition) is 3. The summed E-state index contributed by atoms with van der Waals surface area (Å²) >= 11 is 1.00. The molecule has 1 fully saturated rings. The summed E-state index contributed by atoms with van der Waals surface area (Å²) in [5.41, 5.74) is 1.21. The molecule has 0 aliphatic heterocycles. The topological polar surface area (TPSA) is 25.8 Å². The summed E-state index contributed by atoms with van der Waals surface area (Å²) in [6, 6.07) is 16.9. The normalized spacial score (nSPS) is 15.4. The maximum absolute atomic E-state index is 13.5. The summed E-state index contributed by atoms with van der Waals surface area (Å²) in [7, 11) is 0. The van der Waals surface area contributed by atoms with Gasteiger partial charge < -0.3 is 0 Å². The minimum atomic E-state index is -4.50. The quantitative estimate of drug-likeness (QED) is 0.417. The SMILES string of the molecule is FC(F)(F)c1cnc(-c2ccc(C3CCCCC3)cc2)nc1Sc1ccccc1. The molecule has 0 saturated heterocycles. The van der Waals surface area contributed by atoms with Crippen LogP contribution in [0.1, 0.15) is 49.1 Å². The van der Waals surface area contributed by atoms with E-state index in [-0.39, 0.29) is 5.03 Å². The van der Waals surface area contributed by atoms with Crippen LogP contribution in [-0.2, 0) is 6.18 Å². The smallest absolute Gasteiger partial charge is 0.236 e. The van der Waals surface area contributed by atoms with Crippen molar-refractivity contribution in [1.29, 1.82) is 0 Å². The van der Waals surface area contributed by atoms with Crippen molar-refractivity contribution in [3.05, 3.63) is 71.9 Å². The molecule has 0 N–H and O–H groups in total. The molecule has 1 aliphatic carbocycles. The van der Waals surface area contributed by atoms with E-state index in [9.17, 15) is 13.2 Å². The molecular formula is C23H21F3N2S. The number of alkyl halides is 3. The van der Waals surface area contributed by atoms with Gasteiger partial charge in [-0.05, 0) is 36.5 Å². The molecule has 0 unspecified atom stereocenters. The van der Waals surface area contributed by atoms with E-state index in [2.05, 4.69) is 22.1 Å². The Hall–Kier alpha value is -2.34. The second-order valence-electron chi connectivity index (χ2n) is 7.28. The van der Waals surface area contributed by atoms with E-state index in [1.807, 2.05) is 18.2 Å². The Morgan fingerprint density at radius 3 is 2.21 bits per heavy atom. The van der Waals surface area contributed by atoms with Gasteiger partial charge in [-0.15, -0.1) is 0 Å². The lowest BCUT2D eigenvalue weighted by atomic mass is 9.84. The maximum Gasteiger partial charge on any atom is 0.420 e. The van der Waals surface area contributed by atoms with Crippen LogP contribution in [0.5, 0.6) is 0 Å². The van der Waals surface area contributed by atoms with Crippen LogP contribution in [0.25, 0.3) is 11.4 Å². The van der Waals surface area contributed by atoms with Crippen molar-refractivity contribution < 1.29 is 13.2 Å². The molecular weight excluding hydrogens is 393 g/mol. The third kappa shape index (κ3) is 4.81. The fraction of sp³-hybridized carbons (Fsp3) is 0.304. The summed E-state index contributed by atoms with van der Waals surface area (Å²) < 4.78 is 40.4. The molecule has 2 nitrogen and oxygen atoms in total. The highest BCUT2D eigenvalue weighted by Gasteiger charge is 2.35. The van der Waals surface area contributed by atoms with Crippen molar-refractivity contribution >= 4 is 11.8 Å². The molecule has 0 atom stereocenters. The molecule has 4 rings (SSSR count). The summed E-state index contributed by atoms with van der Waals surface area (Å²) in [6.07, 6.45) is 2.62. The number of halogens is 3. The van der Waals surface area contributed by atoms with Crippen molar-refractivity contribution in [3.63, 3.8) is 0 Å². The van der Waals surface area contributed by atoms with Gasteiger partial charge in [-0.2, -0.15) is 13.2 Å². The van der Waals surface area contributed by atoms with E-state index in [4.69, 9.17) is 0 Å². The summed E-state index contributed by atoms with van der Waals surface area (Å²) in [6.45, 7) is 0. The molecule has 1 aromatic heterocycles. The van der Waals surface area contributed by atoms with E-state index in [1.54, 1.807) is 24.3 Å². The Morgan fingerprint density at radius 2 is 1.55 bits per heavy atom. The Morgan fingerprint density at radius 1 is 0.862 bits per heavy atom. The summed E-state index contributed by atoms with van der Waals surface area (Å²) in [4.78, 5) is 9.00. The molecule has 1 aliphatic rings. The van der Waals surface area contributed by atoms with Crippen molar-refractivity contribution in [2.24, 2.45) is 0 Å². The number of aromatic nitrogens is 2. The lowest BCUT2D eigenvalue weighted by molar-refractivity contribution is -0.140. The Bertz CT molecular complexity index is 950. The fourth-order valence-corrected chi connectivity index (χ4v) is 4.64. The predicted octanol–water partition coefficient (Wildman–Crippen LogP) is 7.36. The van der Waals surface area contributed by atoms with E-state index >= 15 is 0 Å². The van der Waals surface area contributed by atoms with Crippen LogP contribution >= 0.6 is 11.8 Å². The molecule has 1 saturated carbocycles. The highest BCUT2D eigenvalue weighted by atomic mass is 32.2. The molecule has 0 radical (unpaired) electrons. The average molecular weight is 414 g/mol. The van der Waals surface area contributed by atoms with Gasteiger partial charge in [-0.1, -0.05) is 73.5 Å².